The highest BCUT2D eigenvalue weighted by Crippen LogP contribution is 2.61. The molecule has 0 N–H and O–H groups in total. The Morgan fingerprint density at radius 2 is 1.84 bits per heavy atom. The summed E-state index contributed by atoms with van der Waals surface area (Å²) in [6.45, 7) is 2.50. The fourth-order valence-electron chi connectivity index (χ4n) is 6.75. The predicted molar refractivity (Wildman–Crippen MR) is 125 cm³/mol. The van der Waals surface area contributed by atoms with E-state index in [1.54, 1.807) is 6.20 Å². The lowest BCUT2D eigenvalue weighted by Gasteiger charge is -2.56. The Morgan fingerprint density at radius 3 is 2.45 bits per heavy atom. The van der Waals surface area contributed by atoms with E-state index >= 15 is 0 Å². The van der Waals surface area contributed by atoms with Crippen LogP contribution in [0, 0.1) is 30.1 Å². The quantitative estimate of drug-likeness (QED) is 0.460. The van der Waals surface area contributed by atoms with Gasteiger partial charge in [0.05, 0.1) is 32.9 Å². The van der Waals surface area contributed by atoms with Crippen LogP contribution >= 0.6 is 22.9 Å². The second-order valence-corrected chi connectivity index (χ2v) is 11.3. The van der Waals surface area contributed by atoms with Gasteiger partial charge in [-0.3, -0.25) is 14.7 Å². The van der Waals surface area contributed by atoms with Crippen LogP contribution in [0.15, 0.2) is 36.5 Å². The third kappa shape index (κ3) is 3.28. The van der Waals surface area contributed by atoms with Gasteiger partial charge in [-0.05, 0) is 87.0 Å². The normalized spacial score (nSPS) is 28.9. The number of nitrogens with zero attached hydrogens (tertiary/aromatic N) is 3. The molecule has 0 spiro atoms. The molecule has 4 fully saturated rings. The zero-order valence-electron chi connectivity index (χ0n) is 17.7. The van der Waals surface area contributed by atoms with E-state index in [1.807, 2.05) is 42.2 Å². The first-order valence-corrected chi connectivity index (χ1v) is 12.5. The molecule has 3 aromatic rings. The Balaban J connectivity index is 1.43. The van der Waals surface area contributed by atoms with Crippen LogP contribution < -0.4 is 4.90 Å². The van der Waals surface area contributed by atoms with Gasteiger partial charge < -0.3 is 0 Å². The lowest BCUT2D eigenvalue weighted by atomic mass is 9.49. The minimum Gasteiger partial charge on any atom is -0.282 e. The maximum atomic E-state index is 14.3. The third-order valence-electron chi connectivity index (χ3n) is 7.70. The number of aromatic nitrogens is 2. The third-order valence-corrected chi connectivity index (χ3v) is 9.24. The van der Waals surface area contributed by atoms with Crippen LogP contribution in [0.2, 0.25) is 5.02 Å². The van der Waals surface area contributed by atoms with E-state index in [9.17, 15) is 4.79 Å². The zero-order valence-corrected chi connectivity index (χ0v) is 19.3. The Hall–Kier alpha value is -1.98. The minimum atomic E-state index is -0.222. The van der Waals surface area contributed by atoms with Gasteiger partial charge >= 0.3 is 0 Å². The van der Waals surface area contributed by atoms with Crippen molar-refractivity contribution in [2.45, 2.75) is 52.0 Å². The molecule has 2 heterocycles. The largest absolute Gasteiger partial charge is 0.282 e. The van der Waals surface area contributed by atoms with Gasteiger partial charge in [-0.15, -0.1) is 0 Å². The molecule has 4 nitrogen and oxygen atoms in total. The highest BCUT2D eigenvalue weighted by Gasteiger charge is 2.56. The number of pyridine rings is 1. The van der Waals surface area contributed by atoms with Gasteiger partial charge in [-0.25, -0.2) is 4.98 Å². The van der Waals surface area contributed by atoms with E-state index in [0.717, 1.165) is 63.6 Å². The van der Waals surface area contributed by atoms with E-state index in [2.05, 4.69) is 4.98 Å². The van der Waals surface area contributed by atoms with Crippen molar-refractivity contribution in [2.75, 3.05) is 4.90 Å². The average Bonchev–Trinajstić information content (AvgIpc) is 3.21. The van der Waals surface area contributed by atoms with E-state index in [4.69, 9.17) is 16.6 Å². The topological polar surface area (TPSA) is 46.1 Å². The molecule has 4 saturated carbocycles. The Bertz CT molecular complexity index is 1080. The van der Waals surface area contributed by atoms with Crippen LogP contribution in [0.5, 0.6) is 0 Å². The monoisotopic (exact) mass is 451 g/mol. The Morgan fingerprint density at radius 1 is 1.13 bits per heavy atom. The lowest BCUT2D eigenvalue weighted by molar-refractivity contribution is -0.143. The maximum Gasteiger partial charge on any atom is 0.235 e. The van der Waals surface area contributed by atoms with Crippen molar-refractivity contribution in [2.24, 2.45) is 23.2 Å². The first-order chi connectivity index (χ1) is 15.0. The molecular formula is C25H26ClN3OS. The van der Waals surface area contributed by atoms with E-state index < -0.39 is 0 Å². The molecule has 2 aromatic heterocycles. The van der Waals surface area contributed by atoms with Gasteiger partial charge in [0.15, 0.2) is 5.13 Å². The second kappa shape index (κ2) is 7.28. The molecule has 160 valence electrons. The molecule has 1 amide bonds. The molecule has 0 unspecified atom stereocenters. The number of halogens is 1. The highest BCUT2D eigenvalue weighted by molar-refractivity contribution is 7.23. The molecule has 0 saturated heterocycles. The van der Waals surface area contributed by atoms with E-state index in [1.165, 1.54) is 30.6 Å². The smallest absolute Gasteiger partial charge is 0.235 e. The molecule has 4 aliphatic carbocycles. The molecule has 4 bridgehead atoms. The summed E-state index contributed by atoms with van der Waals surface area (Å²) in [6.07, 6.45) is 8.89. The molecule has 0 radical (unpaired) electrons. The highest BCUT2D eigenvalue weighted by atomic mass is 35.5. The maximum absolute atomic E-state index is 14.3. The van der Waals surface area contributed by atoms with Crippen LogP contribution in [0.3, 0.4) is 0 Å². The van der Waals surface area contributed by atoms with Crippen LogP contribution in [0.1, 0.15) is 49.8 Å². The van der Waals surface area contributed by atoms with Crippen molar-refractivity contribution in [3.05, 3.63) is 52.8 Å². The number of fused-ring (bicyclic) bond motifs is 1. The Labute approximate surface area is 191 Å². The summed E-state index contributed by atoms with van der Waals surface area (Å²) < 4.78 is 0.959. The van der Waals surface area contributed by atoms with Gasteiger partial charge in [-0.2, -0.15) is 0 Å². The van der Waals surface area contributed by atoms with Crippen molar-refractivity contribution in [1.82, 2.24) is 9.97 Å². The van der Waals surface area contributed by atoms with Crippen molar-refractivity contribution in [1.29, 1.82) is 0 Å². The number of aryl methyl sites for hydroxylation is 1. The van der Waals surface area contributed by atoms with Crippen molar-refractivity contribution >= 4 is 44.2 Å². The zero-order chi connectivity index (χ0) is 21.2. The van der Waals surface area contributed by atoms with Crippen LogP contribution in [0.25, 0.3) is 10.2 Å². The van der Waals surface area contributed by atoms with E-state index in [0.29, 0.717) is 11.6 Å². The summed E-state index contributed by atoms with van der Waals surface area (Å²) in [7, 11) is 0. The molecule has 0 atom stereocenters. The van der Waals surface area contributed by atoms with Crippen LogP contribution in [-0.2, 0) is 11.3 Å². The first kappa shape index (κ1) is 19.7. The van der Waals surface area contributed by atoms with Gasteiger partial charge in [0, 0.05) is 6.20 Å². The molecule has 1 aromatic carbocycles. The molecule has 4 aliphatic rings. The van der Waals surface area contributed by atoms with Crippen molar-refractivity contribution in [3.63, 3.8) is 0 Å². The van der Waals surface area contributed by atoms with Gasteiger partial charge in [-0.1, -0.05) is 35.1 Å². The number of hydrogen-bond donors (Lipinski definition) is 0. The number of rotatable bonds is 4. The lowest BCUT2D eigenvalue weighted by Crippen LogP contribution is -2.54. The number of benzene rings is 1. The number of amides is 1. The van der Waals surface area contributed by atoms with Crippen LogP contribution in [-0.4, -0.2) is 15.9 Å². The van der Waals surface area contributed by atoms with Gasteiger partial charge in [0.25, 0.3) is 0 Å². The molecule has 31 heavy (non-hydrogen) atoms. The predicted octanol–water partition coefficient (Wildman–Crippen LogP) is 6.40. The average molecular weight is 452 g/mol. The number of anilines is 1. The van der Waals surface area contributed by atoms with Crippen LogP contribution in [0.4, 0.5) is 5.13 Å². The molecule has 7 rings (SSSR count). The standard InChI is InChI=1S/C25H26ClN3OS/c1-15-5-6-20(26)22-21(15)28-24(31-22)29(14-19-4-2-3-7-27-19)23(30)25-11-16-8-17(12-25)10-18(9-16)13-25/h2-7,16-18H,8-14H2,1H3. The molecule has 0 aliphatic heterocycles. The summed E-state index contributed by atoms with van der Waals surface area (Å²) in [6, 6.07) is 9.81. The number of carbonyl (C=O) groups is 1. The fourth-order valence-corrected chi connectivity index (χ4v) is 8.06. The summed E-state index contributed by atoms with van der Waals surface area (Å²) in [5.41, 5.74) is 2.65. The summed E-state index contributed by atoms with van der Waals surface area (Å²) in [5.74, 6) is 2.42. The fraction of sp³-hybridized carbons (Fsp3) is 0.480. The SMILES string of the molecule is Cc1ccc(Cl)c2sc(N(Cc3ccccn3)C(=O)C34CC5CC(CC(C5)C3)C4)nc12. The second-order valence-electron chi connectivity index (χ2n) is 9.95. The minimum absolute atomic E-state index is 0.222. The van der Waals surface area contributed by atoms with Gasteiger partial charge in [0.1, 0.15) is 0 Å². The van der Waals surface area contributed by atoms with Gasteiger partial charge in [0.2, 0.25) is 5.91 Å². The number of thiazole rings is 1. The summed E-state index contributed by atoms with van der Waals surface area (Å²) in [4.78, 5) is 25.7. The van der Waals surface area contributed by atoms with E-state index in [-0.39, 0.29) is 11.3 Å². The number of hydrogen-bond acceptors (Lipinski definition) is 4. The Kier molecular flexibility index (Phi) is 4.62. The first-order valence-electron chi connectivity index (χ1n) is 11.3. The van der Waals surface area contributed by atoms with Crippen molar-refractivity contribution in [3.8, 4) is 0 Å². The molecular weight excluding hydrogens is 426 g/mol. The summed E-state index contributed by atoms with van der Waals surface area (Å²) >= 11 is 8.03. The molecule has 6 heteroatoms. The van der Waals surface area contributed by atoms with Crippen molar-refractivity contribution < 1.29 is 4.79 Å². The number of carbonyl (C=O) groups excluding carboxylic acids is 1. The summed E-state index contributed by atoms with van der Waals surface area (Å²) in [5, 5.41) is 1.45.